The minimum absolute atomic E-state index is 0.0248. The average Bonchev–Trinajstić information content (AvgIpc) is 2.54. The number of anilines is 1. The maximum absolute atomic E-state index is 12.0. The number of ether oxygens (including phenoxy) is 1. The van der Waals surface area contributed by atoms with Crippen molar-refractivity contribution in [2.24, 2.45) is 0 Å². The number of aryl methyl sites for hydroxylation is 1. The van der Waals surface area contributed by atoms with Crippen molar-refractivity contribution in [2.45, 2.75) is 19.9 Å². The van der Waals surface area contributed by atoms with E-state index in [0.717, 1.165) is 17.0 Å². The number of hydrogen-bond acceptors (Lipinski definition) is 3. The van der Waals surface area contributed by atoms with Crippen LogP contribution in [0.25, 0.3) is 0 Å². The molecule has 17 heavy (non-hydrogen) atoms. The van der Waals surface area contributed by atoms with Crippen LogP contribution in [0.4, 0.5) is 5.69 Å². The highest BCUT2D eigenvalue weighted by molar-refractivity contribution is 7.80. The zero-order valence-corrected chi connectivity index (χ0v) is 10.8. The molecule has 1 aliphatic rings. The molecule has 1 heterocycles. The number of nitrogens with one attached hydrogen (secondary N) is 1. The van der Waals surface area contributed by atoms with Gasteiger partial charge in [-0.05, 0) is 49.8 Å². The van der Waals surface area contributed by atoms with Crippen LogP contribution in [0.5, 0.6) is 5.75 Å². The summed E-state index contributed by atoms with van der Waals surface area (Å²) in [4.78, 5) is 13.5. The summed E-state index contributed by atoms with van der Waals surface area (Å²) in [6.07, 6.45) is 0. The van der Waals surface area contributed by atoms with Crippen LogP contribution in [0, 0.1) is 6.92 Å². The molecule has 5 heteroatoms. The van der Waals surface area contributed by atoms with Crippen molar-refractivity contribution in [1.82, 2.24) is 5.32 Å². The Labute approximate surface area is 106 Å². The van der Waals surface area contributed by atoms with Gasteiger partial charge in [0, 0.05) is 0 Å². The van der Waals surface area contributed by atoms with Crippen molar-refractivity contribution >= 4 is 28.9 Å². The number of carbonyl (C=O) groups is 1. The topological polar surface area (TPSA) is 41.6 Å². The first-order valence-corrected chi connectivity index (χ1v) is 5.74. The largest absolute Gasteiger partial charge is 0.497 e. The molecule has 1 atom stereocenters. The van der Waals surface area contributed by atoms with Crippen molar-refractivity contribution in [3.8, 4) is 5.75 Å². The van der Waals surface area contributed by atoms with E-state index in [4.69, 9.17) is 17.0 Å². The number of methoxy groups -OCH3 is 1. The molecule has 1 N–H and O–H groups in total. The monoisotopic (exact) mass is 250 g/mol. The number of benzene rings is 1. The fraction of sp³-hybridized carbons (Fsp3) is 0.333. The molecule has 0 spiro atoms. The number of nitrogens with zero attached hydrogens (tertiary/aromatic N) is 1. The average molecular weight is 250 g/mol. The Morgan fingerprint density at radius 2 is 2.18 bits per heavy atom. The van der Waals surface area contributed by atoms with Gasteiger partial charge in [0.1, 0.15) is 11.8 Å². The van der Waals surface area contributed by atoms with Crippen LogP contribution in [0.2, 0.25) is 0 Å². The summed E-state index contributed by atoms with van der Waals surface area (Å²) in [5.41, 5.74) is 1.76. The molecule has 1 fully saturated rings. The number of amides is 1. The Balaban J connectivity index is 2.41. The molecular weight excluding hydrogens is 236 g/mol. The van der Waals surface area contributed by atoms with Gasteiger partial charge in [-0.3, -0.25) is 9.69 Å². The minimum atomic E-state index is -0.260. The van der Waals surface area contributed by atoms with E-state index in [2.05, 4.69) is 5.32 Å². The Morgan fingerprint density at radius 1 is 1.47 bits per heavy atom. The first-order chi connectivity index (χ1) is 8.04. The van der Waals surface area contributed by atoms with Crippen molar-refractivity contribution in [3.63, 3.8) is 0 Å². The third-order valence-corrected chi connectivity index (χ3v) is 3.08. The van der Waals surface area contributed by atoms with E-state index < -0.39 is 0 Å². The summed E-state index contributed by atoms with van der Waals surface area (Å²) in [7, 11) is 1.61. The lowest BCUT2D eigenvalue weighted by Crippen LogP contribution is -2.31. The molecule has 0 bridgehead atoms. The molecule has 0 saturated carbocycles. The molecule has 1 amide bonds. The van der Waals surface area contributed by atoms with Gasteiger partial charge in [-0.15, -0.1) is 0 Å². The standard InChI is InChI=1S/C12H14N2O2S/c1-7-6-9(16-3)4-5-10(7)14-11(15)8(2)13-12(14)17/h4-6,8H,1-3H3,(H,13,17). The normalized spacial score (nSPS) is 19.5. The lowest BCUT2D eigenvalue weighted by atomic mass is 10.1. The third-order valence-electron chi connectivity index (χ3n) is 2.78. The predicted molar refractivity (Wildman–Crippen MR) is 70.4 cm³/mol. The van der Waals surface area contributed by atoms with Crippen molar-refractivity contribution < 1.29 is 9.53 Å². The van der Waals surface area contributed by atoms with Crippen LogP contribution in [0.3, 0.4) is 0 Å². The molecule has 2 rings (SSSR count). The van der Waals surface area contributed by atoms with Crippen molar-refractivity contribution in [1.29, 1.82) is 0 Å². The van der Waals surface area contributed by atoms with Gasteiger partial charge in [-0.2, -0.15) is 0 Å². The van der Waals surface area contributed by atoms with Gasteiger partial charge in [0.25, 0.3) is 5.91 Å². The van der Waals surface area contributed by atoms with Gasteiger partial charge < -0.3 is 10.1 Å². The smallest absolute Gasteiger partial charge is 0.255 e. The highest BCUT2D eigenvalue weighted by Crippen LogP contribution is 2.27. The Hall–Kier alpha value is -1.62. The molecule has 1 saturated heterocycles. The van der Waals surface area contributed by atoms with Crippen LogP contribution in [-0.2, 0) is 4.79 Å². The van der Waals surface area contributed by atoms with Gasteiger partial charge in [0.05, 0.1) is 12.8 Å². The first kappa shape index (κ1) is 11.9. The number of thiocarbonyl (C=S) groups is 1. The summed E-state index contributed by atoms with van der Waals surface area (Å²) < 4.78 is 5.14. The summed E-state index contributed by atoms with van der Waals surface area (Å²) in [6.45, 7) is 3.73. The van der Waals surface area contributed by atoms with E-state index >= 15 is 0 Å². The molecule has 1 aliphatic heterocycles. The molecular formula is C12H14N2O2S. The SMILES string of the molecule is COc1ccc(N2C(=O)C(C)NC2=S)c(C)c1. The Bertz CT molecular complexity index is 487. The van der Waals surface area contributed by atoms with E-state index in [0.29, 0.717) is 5.11 Å². The van der Waals surface area contributed by atoms with Crippen LogP contribution in [-0.4, -0.2) is 24.2 Å². The van der Waals surface area contributed by atoms with Gasteiger partial charge in [0.2, 0.25) is 0 Å². The van der Waals surface area contributed by atoms with Crippen molar-refractivity contribution in [2.75, 3.05) is 12.0 Å². The van der Waals surface area contributed by atoms with Gasteiger partial charge in [-0.1, -0.05) is 0 Å². The van der Waals surface area contributed by atoms with Crippen LogP contribution < -0.4 is 15.0 Å². The fourth-order valence-electron chi connectivity index (χ4n) is 1.84. The number of hydrogen-bond donors (Lipinski definition) is 1. The molecule has 1 unspecified atom stereocenters. The number of carbonyl (C=O) groups excluding carboxylic acids is 1. The molecule has 0 radical (unpaired) electrons. The second-order valence-electron chi connectivity index (χ2n) is 4.00. The Kier molecular flexibility index (Phi) is 3.02. The van der Waals surface area contributed by atoms with E-state index in [1.807, 2.05) is 25.1 Å². The third kappa shape index (κ3) is 1.98. The molecule has 90 valence electrons. The maximum Gasteiger partial charge on any atom is 0.255 e. The fourth-order valence-corrected chi connectivity index (χ4v) is 2.20. The highest BCUT2D eigenvalue weighted by atomic mass is 32.1. The second-order valence-corrected chi connectivity index (χ2v) is 4.38. The number of rotatable bonds is 2. The molecule has 4 nitrogen and oxygen atoms in total. The zero-order chi connectivity index (χ0) is 12.6. The summed E-state index contributed by atoms with van der Waals surface area (Å²) in [5, 5.41) is 3.40. The Morgan fingerprint density at radius 3 is 2.65 bits per heavy atom. The second kappa shape index (κ2) is 4.33. The van der Waals surface area contributed by atoms with Gasteiger partial charge >= 0.3 is 0 Å². The van der Waals surface area contributed by atoms with Gasteiger partial charge in [-0.25, -0.2) is 0 Å². The predicted octanol–water partition coefficient (Wildman–Crippen LogP) is 1.61. The van der Waals surface area contributed by atoms with Crippen LogP contribution in [0.15, 0.2) is 18.2 Å². The van der Waals surface area contributed by atoms with E-state index in [1.54, 1.807) is 14.0 Å². The molecule has 0 aromatic heterocycles. The zero-order valence-electron chi connectivity index (χ0n) is 9.98. The quantitative estimate of drug-likeness (QED) is 0.810. The summed E-state index contributed by atoms with van der Waals surface area (Å²) in [6, 6.07) is 5.29. The molecule has 0 aliphatic carbocycles. The minimum Gasteiger partial charge on any atom is -0.497 e. The summed E-state index contributed by atoms with van der Waals surface area (Å²) in [5.74, 6) is 0.744. The van der Waals surface area contributed by atoms with Crippen LogP contribution in [0.1, 0.15) is 12.5 Å². The van der Waals surface area contributed by atoms with E-state index in [9.17, 15) is 4.79 Å². The first-order valence-electron chi connectivity index (χ1n) is 5.33. The van der Waals surface area contributed by atoms with Gasteiger partial charge in [0.15, 0.2) is 5.11 Å². The maximum atomic E-state index is 12.0. The van der Waals surface area contributed by atoms with E-state index in [-0.39, 0.29) is 11.9 Å². The lowest BCUT2D eigenvalue weighted by molar-refractivity contribution is -0.117. The van der Waals surface area contributed by atoms with E-state index in [1.165, 1.54) is 4.90 Å². The highest BCUT2D eigenvalue weighted by Gasteiger charge is 2.33. The molecule has 1 aromatic rings. The lowest BCUT2D eigenvalue weighted by Gasteiger charge is -2.17. The van der Waals surface area contributed by atoms with Crippen molar-refractivity contribution in [3.05, 3.63) is 23.8 Å². The molecule has 1 aromatic carbocycles. The van der Waals surface area contributed by atoms with Crippen LogP contribution >= 0.6 is 12.2 Å². The summed E-state index contributed by atoms with van der Waals surface area (Å²) >= 11 is 5.16.